The molecule has 0 bridgehead atoms. The number of aromatic nitrogens is 1. The Labute approximate surface area is 92.5 Å². The lowest BCUT2D eigenvalue weighted by Crippen LogP contribution is -2.21. The summed E-state index contributed by atoms with van der Waals surface area (Å²) in [7, 11) is -2.81. The molecule has 0 atom stereocenters. The number of sulfone groups is 1. The van der Waals surface area contributed by atoms with Crippen molar-refractivity contribution >= 4 is 21.2 Å². The molecule has 80 valence electrons. The van der Waals surface area contributed by atoms with E-state index in [9.17, 15) is 8.42 Å². The fourth-order valence-electron chi connectivity index (χ4n) is 1.67. The zero-order valence-corrected chi connectivity index (χ0v) is 9.64. The first kappa shape index (κ1) is 10.6. The van der Waals surface area contributed by atoms with Crippen molar-refractivity contribution in [2.24, 2.45) is 0 Å². The van der Waals surface area contributed by atoms with Crippen LogP contribution in [0, 0.1) is 11.3 Å². The molecule has 0 N–H and O–H groups in total. The lowest BCUT2D eigenvalue weighted by Gasteiger charge is -2.19. The van der Waals surface area contributed by atoms with Gasteiger partial charge in [-0.15, -0.1) is 11.3 Å². The summed E-state index contributed by atoms with van der Waals surface area (Å²) in [5, 5.41) is 9.56. The van der Waals surface area contributed by atoms with E-state index in [4.69, 9.17) is 5.26 Å². The minimum absolute atomic E-state index is 0.223. The summed E-state index contributed by atoms with van der Waals surface area (Å²) in [6.45, 7) is 0. The molecule has 1 saturated heterocycles. The van der Waals surface area contributed by atoms with Gasteiger partial charge in [0.25, 0.3) is 0 Å². The predicted octanol–water partition coefficient (Wildman–Crippen LogP) is 1.31. The highest BCUT2D eigenvalue weighted by Gasteiger charge is 2.26. The molecule has 0 radical (unpaired) electrons. The van der Waals surface area contributed by atoms with Gasteiger partial charge in [-0.1, -0.05) is 0 Å². The number of nitriles is 1. The van der Waals surface area contributed by atoms with Gasteiger partial charge in [-0.3, -0.25) is 0 Å². The van der Waals surface area contributed by atoms with Gasteiger partial charge in [0.15, 0.2) is 0 Å². The van der Waals surface area contributed by atoms with E-state index in [0.29, 0.717) is 17.7 Å². The standard InChI is InChI=1S/C9H10N2O2S2/c10-5-8-6-11-9(14-8)7-1-3-15(12,13)4-2-7/h6-7H,1-4H2. The summed E-state index contributed by atoms with van der Waals surface area (Å²) in [4.78, 5) is 4.76. The molecule has 0 spiro atoms. The van der Waals surface area contributed by atoms with Crippen LogP contribution in [0.2, 0.25) is 0 Å². The molecule has 0 aromatic carbocycles. The zero-order valence-electron chi connectivity index (χ0n) is 8.01. The Bertz CT molecular complexity index is 484. The first-order chi connectivity index (χ1) is 7.11. The van der Waals surface area contributed by atoms with E-state index >= 15 is 0 Å². The van der Waals surface area contributed by atoms with Crippen molar-refractivity contribution in [3.63, 3.8) is 0 Å². The van der Waals surface area contributed by atoms with Crippen LogP contribution in [0.3, 0.4) is 0 Å². The third-order valence-corrected chi connectivity index (χ3v) is 5.32. The first-order valence-corrected chi connectivity index (χ1v) is 7.31. The molecule has 1 aromatic rings. The predicted molar refractivity (Wildman–Crippen MR) is 57.5 cm³/mol. The summed E-state index contributed by atoms with van der Waals surface area (Å²) < 4.78 is 22.4. The van der Waals surface area contributed by atoms with Gasteiger partial charge in [0.2, 0.25) is 0 Å². The van der Waals surface area contributed by atoms with E-state index in [1.165, 1.54) is 11.3 Å². The number of nitrogens with zero attached hydrogens (tertiary/aromatic N) is 2. The van der Waals surface area contributed by atoms with Gasteiger partial charge in [0, 0.05) is 5.92 Å². The topological polar surface area (TPSA) is 70.8 Å². The van der Waals surface area contributed by atoms with Crippen LogP contribution in [0.1, 0.15) is 28.6 Å². The van der Waals surface area contributed by atoms with E-state index in [1.807, 2.05) is 6.07 Å². The van der Waals surface area contributed by atoms with E-state index < -0.39 is 9.84 Å². The van der Waals surface area contributed by atoms with Crippen molar-refractivity contribution in [2.45, 2.75) is 18.8 Å². The van der Waals surface area contributed by atoms with Crippen LogP contribution in [0.4, 0.5) is 0 Å². The van der Waals surface area contributed by atoms with Crippen LogP contribution in [-0.4, -0.2) is 24.9 Å². The molecule has 1 aliphatic heterocycles. The summed E-state index contributed by atoms with van der Waals surface area (Å²) in [6.07, 6.45) is 2.84. The van der Waals surface area contributed by atoms with Crippen molar-refractivity contribution in [2.75, 3.05) is 11.5 Å². The van der Waals surface area contributed by atoms with Crippen molar-refractivity contribution in [1.29, 1.82) is 5.26 Å². The second kappa shape index (κ2) is 3.91. The maximum Gasteiger partial charge on any atom is 0.150 e. The average molecular weight is 242 g/mol. The number of hydrogen-bond acceptors (Lipinski definition) is 5. The Morgan fingerprint density at radius 3 is 2.67 bits per heavy atom. The van der Waals surface area contributed by atoms with E-state index in [1.54, 1.807) is 6.20 Å². The Morgan fingerprint density at radius 2 is 2.13 bits per heavy atom. The van der Waals surface area contributed by atoms with Gasteiger partial charge >= 0.3 is 0 Å². The van der Waals surface area contributed by atoms with Gasteiger partial charge in [-0.05, 0) is 12.8 Å². The van der Waals surface area contributed by atoms with Crippen LogP contribution >= 0.6 is 11.3 Å². The van der Waals surface area contributed by atoms with Gasteiger partial charge in [-0.2, -0.15) is 5.26 Å². The van der Waals surface area contributed by atoms with Gasteiger partial charge < -0.3 is 0 Å². The fourth-order valence-corrected chi connectivity index (χ4v) is 4.04. The molecular formula is C9H10N2O2S2. The van der Waals surface area contributed by atoms with Crippen molar-refractivity contribution in [1.82, 2.24) is 4.98 Å². The van der Waals surface area contributed by atoms with Crippen LogP contribution in [0.5, 0.6) is 0 Å². The lowest BCUT2D eigenvalue weighted by molar-refractivity contribution is 0.549. The van der Waals surface area contributed by atoms with E-state index in [2.05, 4.69) is 4.98 Å². The quantitative estimate of drug-likeness (QED) is 0.744. The first-order valence-electron chi connectivity index (χ1n) is 4.67. The second-order valence-electron chi connectivity index (χ2n) is 3.60. The molecule has 0 aliphatic carbocycles. The minimum Gasteiger partial charge on any atom is -0.248 e. The molecule has 0 amide bonds. The van der Waals surface area contributed by atoms with Gasteiger partial charge in [0.1, 0.15) is 20.8 Å². The minimum atomic E-state index is -2.81. The highest BCUT2D eigenvalue weighted by molar-refractivity contribution is 7.91. The largest absolute Gasteiger partial charge is 0.248 e. The number of hydrogen-bond donors (Lipinski definition) is 0. The van der Waals surface area contributed by atoms with Crippen molar-refractivity contribution < 1.29 is 8.42 Å². The highest BCUT2D eigenvalue weighted by atomic mass is 32.2. The van der Waals surface area contributed by atoms with Crippen LogP contribution in [0.25, 0.3) is 0 Å². The molecule has 1 aliphatic rings. The van der Waals surface area contributed by atoms with Crippen LogP contribution < -0.4 is 0 Å². The smallest absolute Gasteiger partial charge is 0.150 e. The monoisotopic (exact) mass is 242 g/mol. The summed E-state index contributed by atoms with van der Waals surface area (Å²) in [5.74, 6) is 0.721. The molecular weight excluding hydrogens is 232 g/mol. The van der Waals surface area contributed by atoms with Crippen molar-refractivity contribution in [3.05, 3.63) is 16.1 Å². The second-order valence-corrected chi connectivity index (χ2v) is 6.97. The Hall–Kier alpha value is -0.930. The van der Waals surface area contributed by atoms with E-state index in [-0.39, 0.29) is 17.4 Å². The normalized spacial score (nSPS) is 21.0. The Morgan fingerprint density at radius 1 is 1.47 bits per heavy atom. The molecule has 6 heteroatoms. The molecule has 15 heavy (non-hydrogen) atoms. The number of thiazole rings is 1. The van der Waals surface area contributed by atoms with Crippen LogP contribution in [-0.2, 0) is 9.84 Å². The summed E-state index contributed by atoms with van der Waals surface area (Å²) in [6, 6.07) is 2.04. The SMILES string of the molecule is N#Cc1cnc(C2CCS(=O)(=O)CC2)s1. The van der Waals surface area contributed by atoms with Crippen LogP contribution in [0.15, 0.2) is 6.20 Å². The fraction of sp³-hybridized carbons (Fsp3) is 0.556. The molecule has 2 heterocycles. The Balaban J connectivity index is 2.11. The molecule has 4 nitrogen and oxygen atoms in total. The lowest BCUT2D eigenvalue weighted by atomic mass is 10.0. The number of rotatable bonds is 1. The van der Waals surface area contributed by atoms with Gasteiger partial charge in [0.05, 0.1) is 22.7 Å². The van der Waals surface area contributed by atoms with Gasteiger partial charge in [-0.25, -0.2) is 13.4 Å². The molecule has 0 unspecified atom stereocenters. The Kier molecular flexibility index (Phi) is 2.76. The molecule has 1 fully saturated rings. The summed E-state index contributed by atoms with van der Waals surface area (Å²) in [5.41, 5.74) is 0. The van der Waals surface area contributed by atoms with Crippen molar-refractivity contribution in [3.8, 4) is 6.07 Å². The molecule has 2 rings (SSSR count). The average Bonchev–Trinajstić information content (AvgIpc) is 2.66. The zero-order chi connectivity index (χ0) is 10.9. The third-order valence-electron chi connectivity index (χ3n) is 2.54. The van der Waals surface area contributed by atoms with E-state index in [0.717, 1.165) is 5.01 Å². The maximum absolute atomic E-state index is 11.2. The molecule has 0 saturated carbocycles. The highest BCUT2D eigenvalue weighted by Crippen LogP contribution is 2.31. The molecule has 1 aromatic heterocycles. The third kappa shape index (κ3) is 2.36. The summed E-state index contributed by atoms with van der Waals surface area (Å²) >= 11 is 1.37. The maximum atomic E-state index is 11.2.